The Labute approximate surface area is 159 Å². The van der Waals surface area contributed by atoms with Crippen molar-refractivity contribution in [3.8, 4) is 0 Å². The number of rotatable bonds is 5. The van der Waals surface area contributed by atoms with Crippen LogP contribution in [0, 0.1) is 0 Å². The Morgan fingerprint density at radius 1 is 1.15 bits per heavy atom. The molecule has 0 aliphatic heterocycles. The lowest BCUT2D eigenvalue weighted by molar-refractivity contribution is 0.102. The summed E-state index contributed by atoms with van der Waals surface area (Å²) in [7, 11) is -3.52. The molecule has 26 heavy (non-hydrogen) atoms. The molecular formula is C17H15BrN4O3S. The van der Waals surface area contributed by atoms with Crippen LogP contribution in [0.1, 0.15) is 15.9 Å². The molecular weight excluding hydrogens is 420 g/mol. The first kappa shape index (κ1) is 18.3. The number of sulfone groups is 1. The third kappa shape index (κ3) is 4.36. The van der Waals surface area contributed by atoms with Gasteiger partial charge in [-0.25, -0.2) is 18.1 Å². The Kier molecular flexibility index (Phi) is 5.19. The third-order valence-corrected chi connectivity index (χ3v) is 5.23. The molecule has 0 aliphatic carbocycles. The number of amides is 1. The number of carbonyl (C=O) groups excluding carboxylic acids is 1. The summed E-state index contributed by atoms with van der Waals surface area (Å²) in [6.07, 6.45) is 2.56. The number of aromatic nitrogens is 3. The summed E-state index contributed by atoms with van der Waals surface area (Å²) in [5.74, 6) is -0.470. The summed E-state index contributed by atoms with van der Waals surface area (Å²) in [4.78, 5) is 16.4. The topological polar surface area (TPSA) is 94.0 Å². The Bertz CT molecular complexity index is 1050. The Morgan fingerprint density at radius 3 is 2.54 bits per heavy atom. The molecule has 3 aromatic rings. The normalized spacial score (nSPS) is 11.3. The molecule has 0 bridgehead atoms. The summed E-state index contributed by atoms with van der Waals surface area (Å²) < 4.78 is 26.2. The van der Waals surface area contributed by atoms with Gasteiger partial charge in [-0.15, -0.1) is 5.10 Å². The molecule has 7 nitrogen and oxygen atoms in total. The molecule has 134 valence electrons. The van der Waals surface area contributed by atoms with Gasteiger partial charge >= 0.3 is 0 Å². The highest BCUT2D eigenvalue weighted by molar-refractivity contribution is 9.10. The summed E-state index contributed by atoms with van der Waals surface area (Å²) in [5, 5.41) is 6.73. The number of carbonyl (C=O) groups is 1. The minimum atomic E-state index is -3.52. The van der Waals surface area contributed by atoms with E-state index in [-0.39, 0.29) is 16.4 Å². The van der Waals surface area contributed by atoms with E-state index in [0.717, 1.165) is 16.3 Å². The Hall–Kier alpha value is -2.52. The fourth-order valence-corrected chi connectivity index (χ4v) is 3.50. The molecule has 0 unspecified atom stereocenters. The zero-order valence-electron chi connectivity index (χ0n) is 13.8. The smallest absolute Gasteiger partial charge is 0.259 e. The molecule has 3 rings (SSSR count). The van der Waals surface area contributed by atoms with E-state index in [0.29, 0.717) is 6.54 Å². The van der Waals surface area contributed by atoms with Gasteiger partial charge in [-0.2, -0.15) is 0 Å². The van der Waals surface area contributed by atoms with Crippen molar-refractivity contribution in [1.82, 2.24) is 14.8 Å². The van der Waals surface area contributed by atoms with Crippen LogP contribution < -0.4 is 5.32 Å². The average Bonchev–Trinajstić information content (AvgIpc) is 3.03. The van der Waals surface area contributed by atoms with E-state index in [9.17, 15) is 13.2 Å². The van der Waals surface area contributed by atoms with Gasteiger partial charge in [-0.05, 0) is 29.8 Å². The van der Waals surface area contributed by atoms with Crippen LogP contribution in [-0.4, -0.2) is 35.3 Å². The Morgan fingerprint density at radius 2 is 1.85 bits per heavy atom. The van der Waals surface area contributed by atoms with Gasteiger partial charge in [0.2, 0.25) is 5.95 Å². The maximum Gasteiger partial charge on any atom is 0.259 e. The van der Waals surface area contributed by atoms with Crippen LogP contribution in [-0.2, 0) is 16.4 Å². The molecule has 1 aromatic heterocycles. The van der Waals surface area contributed by atoms with E-state index in [1.807, 2.05) is 24.3 Å². The average molecular weight is 435 g/mol. The maximum atomic E-state index is 12.4. The Balaban J connectivity index is 1.75. The monoisotopic (exact) mass is 434 g/mol. The van der Waals surface area contributed by atoms with Gasteiger partial charge in [-0.1, -0.05) is 40.2 Å². The van der Waals surface area contributed by atoms with Gasteiger partial charge in [0.15, 0.2) is 9.84 Å². The SMILES string of the molecule is CS(=O)(=O)c1ccccc1C(=O)Nc1ncn(Cc2ccc(Br)cc2)n1. The minimum absolute atomic E-state index is 0.0354. The molecule has 0 aliphatic rings. The molecule has 0 saturated carbocycles. The summed E-state index contributed by atoms with van der Waals surface area (Å²) in [5.41, 5.74) is 1.08. The van der Waals surface area contributed by atoms with Gasteiger partial charge in [0.25, 0.3) is 5.91 Å². The fourth-order valence-electron chi connectivity index (χ4n) is 2.35. The molecule has 0 spiro atoms. The standard InChI is InChI=1S/C17H15BrN4O3S/c1-26(24,25)15-5-3-2-4-14(15)16(23)20-17-19-11-22(21-17)10-12-6-8-13(18)9-7-12/h2-9,11H,10H2,1H3,(H,20,21,23). The van der Waals surface area contributed by atoms with Gasteiger partial charge in [0.05, 0.1) is 17.0 Å². The zero-order chi connectivity index (χ0) is 18.7. The van der Waals surface area contributed by atoms with Crippen LogP contribution in [0.3, 0.4) is 0 Å². The number of hydrogen-bond acceptors (Lipinski definition) is 5. The van der Waals surface area contributed by atoms with E-state index in [2.05, 4.69) is 31.3 Å². The fraction of sp³-hybridized carbons (Fsp3) is 0.118. The lowest BCUT2D eigenvalue weighted by Gasteiger charge is -2.06. The summed E-state index contributed by atoms with van der Waals surface area (Å²) >= 11 is 3.38. The van der Waals surface area contributed by atoms with Crippen LogP contribution >= 0.6 is 15.9 Å². The van der Waals surface area contributed by atoms with Crippen molar-refractivity contribution in [2.45, 2.75) is 11.4 Å². The minimum Gasteiger partial charge on any atom is -0.289 e. The van der Waals surface area contributed by atoms with Crippen molar-refractivity contribution in [3.63, 3.8) is 0 Å². The van der Waals surface area contributed by atoms with Crippen molar-refractivity contribution in [2.75, 3.05) is 11.6 Å². The van der Waals surface area contributed by atoms with Gasteiger partial charge < -0.3 is 0 Å². The third-order valence-electron chi connectivity index (χ3n) is 3.55. The molecule has 0 saturated heterocycles. The van der Waals surface area contributed by atoms with Gasteiger partial charge in [0, 0.05) is 10.7 Å². The predicted octanol–water partition coefficient (Wildman–Crippen LogP) is 2.74. The number of halogens is 1. The lowest BCUT2D eigenvalue weighted by Crippen LogP contribution is -2.17. The summed E-state index contributed by atoms with van der Waals surface area (Å²) in [6.45, 7) is 0.496. The van der Waals surface area contributed by atoms with E-state index in [4.69, 9.17) is 0 Å². The maximum absolute atomic E-state index is 12.4. The van der Waals surface area contributed by atoms with Crippen molar-refractivity contribution < 1.29 is 13.2 Å². The highest BCUT2D eigenvalue weighted by atomic mass is 79.9. The number of nitrogens with zero attached hydrogens (tertiary/aromatic N) is 3. The first-order valence-corrected chi connectivity index (χ1v) is 10.3. The second-order valence-electron chi connectivity index (χ2n) is 5.61. The van der Waals surface area contributed by atoms with Gasteiger partial charge in [-0.3, -0.25) is 10.1 Å². The highest BCUT2D eigenvalue weighted by Gasteiger charge is 2.19. The number of benzene rings is 2. The van der Waals surface area contributed by atoms with E-state index < -0.39 is 15.7 Å². The number of hydrogen-bond donors (Lipinski definition) is 1. The van der Waals surface area contributed by atoms with Crippen molar-refractivity contribution in [1.29, 1.82) is 0 Å². The van der Waals surface area contributed by atoms with E-state index in [1.54, 1.807) is 16.8 Å². The zero-order valence-corrected chi connectivity index (χ0v) is 16.2. The van der Waals surface area contributed by atoms with Crippen molar-refractivity contribution in [3.05, 3.63) is 70.5 Å². The van der Waals surface area contributed by atoms with E-state index in [1.165, 1.54) is 18.5 Å². The second-order valence-corrected chi connectivity index (χ2v) is 8.51. The number of nitrogens with one attached hydrogen (secondary N) is 1. The lowest BCUT2D eigenvalue weighted by atomic mass is 10.2. The van der Waals surface area contributed by atoms with Crippen LogP contribution in [0.25, 0.3) is 0 Å². The first-order valence-electron chi connectivity index (χ1n) is 7.57. The van der Waals surface area contributed by atoms with Crippen molar-refractivity contribution in [2.24, 2.45) is 0 Å². The van der Waals surface area contributed by atoms with Crippen LogP contribution in [0.2, 0.25) is 0 Å². The molecule has 9 heteroatoms. The first-order chi connectivity index (χ1) is 12.3. The van der Waals surface area contributed by atoms with Crippen molar-refractivity contribution >= 4 is 37.6 Å². The molecule has 0 radical (unpaired) electrons. The predicted molar refractivity (Wildman–Crippen MR) is 101 cm³/mol. The molecule has 0 atom stereocenters. The molecule has 1 N–H and O–H groups in total. The molecule has 1 amide bonds. The quantitative estimate of drug-likeness (QED) is 0.665. The largest absolute Gasteiger partial charge is 0.289 e. The molecule has 0 fully saturated rings. The van der Waals surface area contributed by atoms with Crippen LogP contribution in [0.5, 0.6) is 0 Å². The van der Waals surface area contributed by atoms with Gasteiger partial charge in [0.1, 0.15) is 6.33 Å². The molecule has 2 aromatic carbocycles. The highest BCUT2D eigenvalue weighted by Crippen LogP contribution is 2.16. The molecule has 1 heterocycles. The second kappa shape index (κ2) is 7.38. The van der Waals surface area contributed by atoms with Crippen LogP contribution in [0.15, 0.2) is 64.2 Å². The van der Waals surface area contributed by atoms with Crippen LogP contribution in [0.4, 0.5) is 5.95 Å². The summed E-state index contributed by atoms with van der Waals surface area (Å²) in [6, 6.07) is 13.8. The number of anilines is 1. The van der Waals surface area contributed by atoms with E-state index >= 15 is 0 Å².